The molecule has 0 fully saturated rings. The molecule has 0 saturated carbocycles. The Hall–Kier alpha value is -0.120. The molecular formula is C16H36IN3O3. The molecule has 0 saturated heterocycles. The van der Waals surface area contributed by atoms with E-state index >= 15 is 0 Å². The van der Waals surface area contributed by atoms with E-state index < -0.39 is 0 Å². The van der Waals surface area contributed by atoms with Crippen molar-refractivity contribution in [1.29, 1.82) is 0 Å². The fraction of sp³-hybridized carbons (Fsp3) is 0.938. The summed E-state index contributed by atoms with van der Waals surface area (Å²) in [4.78, 5) is 4.16. The number of aliphatic imine (C=N–C) groups is 1. The third-order valence-corrected chi connectivity index (χ3v) is 2.84. The van der Waals surface area contributed by atoms with Gasteiger partial charge in [0.1, 0.15) is 0 Å². The minimum atomic E-state index is 0. The second kappa shape index (κ2) is 19.9. The van der Waals surface area contributed by atoms with Crippen LogP contribution in [0.5, 0.6) is 0 Å². The summed E-state index contributed by atoms with van der Waals surface area (Å²) >= 11 is 0. The lowest BCUT2D eigenvalue weighted by molar-refractivity contribution is 0.0487. The van der Waals surface area contributed by atoms with E-state index in [1.807, 2.05) is 13.8 Å². The Morgan fingerprint density at radius 1 is 0.913 bits per heavy atom. The van der Waals surface area contributed by atoms with Crippen LogP contribution in [0.2, 0.25) is 0 Å². The number of unbranched alkanes of at least 4 members (excludes halogenated alkanes) is 1. The molecule has 0 spiro atoms. The van der Waals surface area contributed by atoms with Crippen LogP contribution >= 0.6 is 24.0 Å². The summed E-state index contributed by atoms with van der Waals surface area (Å²) < 4.78 is 16.4. The molecule has 0 rings (SSSR count). The van der Waals surface area contributed by atoms with E-state index in [1.54, 1.807) is 7.05 Å². The molecule has 0 heterocycles. The minimum Gasteiger partial charge on any atom is -0.379 e. The fourth-order valence-corrected chi connectivity index (χ4v) is 1.63. The predicted molar refractivity (Wildman–Crippen MR) is 107 cm³/mol. The second-order valence-electron chi connectivity index (χ2n) is 5.28. The zero-order chi connectivity index (χ0) is 16.5. The van der Waals surface area contributed by atoms with Crippen LogP contribution in [-0.4, -0.2) is 65.2 Å². The van der Waals surface area contributed by atoms with Gasteiger partial charge >= 0.3 is 0 Å². The van der Waals surface area contributed by atoms with Crippen LogP contribution in [0.25, 0.3) is 0 Å². The van der Waals surface area contributed by atoms with Gasteiger partial charge in [0.05, 0.1) is 25.9 Å². The number of rotatable bonds is 14. The van der Waals surface area contributed by atoms with Crippen molar-refractivity contribution in [2.24, 2.45) is 4.99 Å². The summed E-state index contributed by atoms with van der Waals surface area (Å²) in [6, 6.07) is 0. The highest BCUT2D eigenvalue weighted by Crippen LogP contribution is 1.89. The Bertz CT molecular complexity index is 267. The monoisotopic (exact) mass is 445 g/mol. The van der Waals surface area contributed by atoms with Gasteiger partial charge in [-0.05, 0) is 26.7 Å². The lowest BCUT2D eigenvalue weighted by Crippen LogP contribution is -2.39. The van der Waals surface area contributed by atoms with E-state index in [0.29, 0.717) is 25.9 Å². The van der Waals surface area contributed by atoms with Gasteiger partial charge in [0.25, 0.3) is 0 Å². The van der Waals surface area contributed by atoms with Crippen molar-refractivity contribution < 1.29 is 14.2 Å². The summed E-state index contributed by atoms with van der Waals surface area (Å²) in [5.41, 5.74) is 0. The largest absolute Gasteiger partial charge is 0.379 e. The van der Waals surface area contributed by atoms with Crippen LogP contribution in [0.3, 0.4) is 0 Å². The molecule has 0 unspecified atom stereocenters. The molecule has 0 aromatic carbocycles. The van der Waals surface area contributed by atoms with Crippen molar-refractivity contribution in [2.75, 3.05) is 53.2 Å². The van der Waals surface area contributed by atoms with Gasteiger partial charge in [-0.2, -0.15) is 0 Å². The Kier molecular flexibility index (Phi) is 21.8. The van der Waals surface area contributed by atoms with E-state index in [0.717, 1.165) is 45.1 Å². The molecule has 0 bridgehead atoms. The maximum absolute atomic E-state index is 5.49. The highest BCUT2D eigenvalue weighted by atomic mass is 127. The van der Waals surface area contributed by atoms with Crippen molar-refractivity contribution in [3.8, 4) is 0 Å². The molecule has 6 nitrogen and oxygen atoms in total. The Balaban J connectivity index is 0. The van der Waals surface area contributed by atoms with Crippen molar-refractivity contribution >= 4 is 29.9 Å². The summed E-state index contributed by atoms with van der Waals surface area (Å²) in [5, 5.41) is 6.46. The minimum absolute atomic E-state index is 0. The fourth-order valence-electron chi connectivity index (χ4n) is 1.63. The van der Waals surface area contributed by atoms with Crippen LogP contribution in [0.4, 0.5) is 0 Å². The van der Waals surface area contributed by atoms with Gasteiger partial charge in [0.2, 0.25) is 0 Å². The van der Waals surface area contributed by atoms with E-state index in [9.17, 15) is 0 Å². The van der Waals surface area contributed by atoms with E-state index in [2.05, 4.69) is 22.5 Å². The van der Waals surface area contributed by atoms with Crippen LogP contribution in [-0.2, 0) is 14.2 Å². The molecular weight excluding hydrogens is 409 g/mol. The average molecular weight is 445 g/mol. The molecule has 0 aromatic rings. The van der Waals surface area contributed by atoms with Gasteiger partial charge in [0, 0.05) is 33.4 Å². The van der Waals surface area contributed by atoms with Crippen LogP contribution in [0.15, 0.2) is 4.99 Å². The normalized spacial score (nSPS) is 11.4. The van der Waals surface area contributed by atoms with E-state index in [1.165, 1.54) is 6.42 Å². The molecule has 140 valence electrons. The van der Waals surface area contributed by atoms with E-state index in [-0.39, 0.29) is 24.0 Å². The van der Waals surface area contributed by atoms with Gasteiger partial charge < -0.3 is 24.8 Å². The number of nitrogens with zero attached hydrogens (tertiary/aromatic N) is 1. The first-order valence-electron chi connectivity index (χ1n) is 8.42. The molecule has 2 N–H and O–H groups in total. The van der Waals surface area contributed by atoms with Crippen LogP contribution in [0, 0.1) is 0 Å². The standard InChI is InChI=1S/C16H35N3O3.HI/c1-5-6-10-20-13-14-21-12-9-19-16(17-4)18-8-7-11-22-15(2)3;/h15H,5-14H2,1-4H3,(H2,17,18,19);1H. The molecule has 7 heteroatoms. The second-order valence-corrected chi connectivity index (χ2v) is 5.28. The van der Waals surface area contributed by atoms with Gasteiger partial charge in [-0.1, -0.05) is 13.3 Å². The number of halogens is 1. The SMILES string of the molecule is CCCCOCCOCCNC(=NC)NCCCOC(C)C.I. The van der Waals surface area contributed by atoms with E-state index in [4.69, 9.17) is 14.2 Å². The summed E-state index contributed by atoms with van der Waals surface area (Å²) in [6.07, 6.45) is 3.54. The molecule has 23 heavy (non-hydrogen) atoms. The lowest BCUT2D eigenvalue weighted by atomic mass is 10.4. The Labute approximate surface area is 159 Å². The molecule has 0 radical (unpaired) electrons. The number of hydrogen-bond donors (Lipinski definition) is 2. The molecule has 0 aliphatic carbocycles. The Morgan fingerprint density at radius 2 is 1.57 bits per heavy atom. The summed E-state index contributed by atoms with van der Waals surface area (Å²) in [7, 11) is 1.77. The maximum atomic E-state index is 5.49. The zero-order valence-electron chi connectivity index (χ0n) is 15.2. The average Bonchev–Trinajstić information content (AvgIpc) is 2.50. The number of guanidine groups is 1. The van der Waals surface area contributed by atoms with Gasteiger partial charge in [-0.25, -0.2) is 0 Å². The highest BCUT2D eigenvalue weighted by molar-refractivity contribution is 14.0. The summed E-state index contributed by atoms with van der Waals surface area (Å²) in [6.45, 7) is 11.4. The van der Waals surface area contributed by atoms with Gasteiger partial charge in [-0.15, -0.1) is 24.0 Å². The zero-order valence-corrected chi connectivity index (χ0v) is 17.6. The van der Waals surface area contributed by atoms with Crippen molar-refractivity contribution in [1.82, 2.24) is 10.6 Å². The third-order valence-electron chi connectivity index (χ3n) is 2.84. The molecule has 0 aliphatic rings. The third kappa shape index (κ3) is 19.8. The first-order chi connectivity index (χ1) is 10.7. The van der Waals surface area contributed by atoms with Gasteiger partial charge in [-0.3, -0.25) is 4.99 Å². The first kappa shape index (κ1) is 25.1. The molecule has 0 amide bonds. The quantitative estimate of drug-likeness (QED) is 0.186. The first-order valence-corrected chi connectivity index (χ1v) is 8.42. The smallest absolute Gasteiger partial charge is 0.191 e. The maximum Gasteiger partial charge on any atom is 0.191 e. The number of ether oxygens (including phenoxy) is 3. The molecule has 0 aromatic heterocycles. The summed E-state index contributed by atoms with van der Waals surface area (Å²) in [5.74, 6) is 0.798. The number of hydrogen-bond acceptors (Lipinski definition) is 4. The van der Waals surface area contributed by atoms with Crippen molar-refractivity contribution in [3.63, 3.8) is 0 Å². The number of nitrogens with one attached hydrogen (secondary N) is 2. The lowest BCUT2D eigenvalue weighted by Gasteiger charge is -2.12. The van der Waals surface area contributed by atoms with Crippen molar-refractivity contribution in [3.05, 3.63) is 0 Å². The van der Waals surface area contributed by atoms with Crippen LogP contribution < -0.4 is 10.6 Å². The molecule has 0 atom stereocenters. The van der Waals surface area contributed by atoms with Gasteiger partial charge in [0.15, 0.2) is 5.96 Å². The molecule has 0 aliphatic heterocycles. The Morgan fingerprint density at radius 3 is 2.17 bits per heavy atom. The highest BCUT2D eigenvalue weighted by Gasteiger charge is 1.98. The predicted octanol–water partition coefficient (Wildman–Crippen LogP) is 2.42. The topological polar surface area (TPSA) is 64.1 Å². The van der Waals surface area contributed by atoms with Crippen molar-refractivity contribution in [2.45, 2.75) is 46.1 Å². The van der Waals surface area contributed by atoms with Crippen LogP contribution in [0.1, 0.15) is 40.0 Å².